The number of nitrogens with zero attached hydrogens (tertiary/aromatic N) is 3. The van der Waals surface area contributed by atoms with Crippen molar-refractivity contribution < 1.29 is 9.59 Å². The molecule has 0 radical (unpaired) electrons. The third kappa shape index (κ3) is 4.79. The molecule has 2 aromatic carbocycles. The van der Waals surface area contributed by atoms with E-state index in [0.29, 0.717) is 16.6 Å². The van der Waals surface area contributed by atoms with Crippen LogP contribution >= 0.6 is 0 Å². The number of aryl methyl sites for hydroxylation is 1. The normalized spacial score (nSPS) is 14.4. The van der Waals surface area contributed by atoms with Crippen LogP contribution in [-0.2, 0) is 16.1 Å². The summed E-state index contributed by atoms with van der Waals surface area (Å²) in [6.07, 6.45) is 5.29. The molecule has 0 aliphatic heterocycles. The van der Waals surface area contributed by atoms with Crippen LogP contribution in [0.4, 0.5) is 11.4 Å². The van der Waals surface area contributed by atoms with Crippen molar-refractivity contribution in [3.8, 4) is 0 Å². The number of fused-ring (bicyclic) bond motifs is 1. The molecule has 0 spiro atoms. The van der Waals surface area contributed by atoms with E-state index in [2.05, 4.69) is 20.9 Å². The zero-order valence-electron chi connectivity index (χ0n) is 17.4. The van der Waals surface area contributed by atoms with Crippen molar-refractivity contribution >= 4 is 34.1 Å². The van der Waals surface area contributed by atoms with E-state index < -0.39 is 0 Å². The Morgan fingerprint density at radius 3 is 2.61 bits per heavy atom. The molecule has 31 heavy (non-hydrogen) atoms. The third-order valence-electron chi connectivity index (χ3n) is 5.67. The highest BCUT2D eigenvalue weighted by molar-refractivity contribution is 5.94. The number of hydrogen-bond acceptors (Lipinski definition) is 5. The highest BCUT2D eigenvalue weighted by Gasteiger charge is 2.21. The summed E-state index contributed by atoms with van der Waals surface area (Å²) in [5, 5.41) is 14.0. The van der Waals surface area contributed by atoms with Crippen LogP contribution in [0.1, 0.15) is 37.7 Å². The fourth-order valence-electron chi connectivity index (χ4n) is 3.94. The molecule has 0 saturated heterocycles. The number of carbonyl (C=O) groups excluding carboxylic acids is 2. The summed E-state index contributed by atoms with van der Waals surface area (Å²) in [6.45, 7) is 1.64. The van der Waals surface area contributed by atoms with Gasteiger partial charge in [0.15, 0.2) is 0 Å². The Morgan fingerprint density at radius 1 is 1.06 bits per heavy atom. The van der Waals surface area contributed by atoms with Gasteiger partial charge in [-0.15, -0.1) is 5.10 Å². The first-order valence-corrected chi connectivity index (χ1v) is 10.5. The lowest BCUT2D eigenvalue weighted by molar-refractivity contribution is -0.120. The summed E-state index contributed by atoms with van der Waals surface area (Å²) < 4.78 is 1.04. The molecule has 8 nitrogen and oxygen atoms in total. The van der Waals surface area contributed by atoms with Gasteiger partial charge >= 0.3 is 0 Å². The summed E-state index contributed by atoms with van der Waals surface area (Å²) in [5.41, 5.74) is 2.30. The molecule has 0 bridgehead atoms. The van der Waals surface area contributed by atoms with Gasteiger partial charge in [-0.1, -0.05) is 36.6 Å². The minimum atomic E-state index is -0.384. The molecule has 1 aromatic heterocycles. The molecule has 1 fully saturated rings. The summed E-state index contributed by atoms with van der Waals surface area (Å²) in [4.78, 5) is 37.4. The van der Waals surface area contributed by atoms with Crippen LogP contribution in [0.25, 0.3) is 10.9 Å². The van der Waals surface area contributed by atoms with Crippen molar-refractivity contribution in [3.63, 3.8) is 0 Å². The molecule has 4 rings (SSSR count). The molecule has 0 unspecified atom stereocenters. The van der Waals surface area contributed by atoms with Gasteiger partial charge in [-0.2, -0.15) is 0 Å². The molecule has 1 aliphatic carbocycles. The van der Waals surface area contributed by atoms with Crippen LogP contribution in [0.2, 0.25) is 0 Å². The van der Waals surface area contributed by atoms with Gasteiger partial charge in [0.05, 0.1) is 5.39 Å². The summed E-state index contributed by atoms with van der Waals surface area (Å²) in [5.74, 6) is -0.243. The first-order valence-electron chi connectivity index (χ1n) is 10.5. The Morgan fingerprint density at radius 2 is 1.84 bits per heavy atom. The van der Waals surface area contributed by atoms with E-state index in [4.69, 9.17) is 0 Å². The van der Waals surface area contributed by atoms with Gasteiger partial charge in [0, 0.05) is 17.3 Å². The average molecular weight is 419 g/mol. The number of hydrogen-bond donors (Lipinski definition) is 2. The fourth-order valence-corrected chi connectivity index (χ4v) is 3.94. The zero-order valence-corrected chi connectivity index (χ0v) is 17.4. The minimum Gasteiger partial charge on any atom is -0.326 e. The Labute approximate surface area is 179 Å². The molecular weight excluding hydrogens is 394 g/mol. The van der Waals surface area contributed by atoms with Crippen LogP contribution in [0.3, 0.4) is 0 Å². The van der Waals surface area contributed by atoms with Gasteiger partial charge in [0.25, 0.3) is 5.56 Å². The molecule has 8 heteroatoms. The number of carbonyl (C=O) groups is 2. The molecular formula is C23H25N5O3. The monoisotopic (exact) mass is 419 g/mol. The topological polar surface area (TPSA) is 106 Å². The molecule has 3 aromatic rings. The Hall–Kier alpha value is -3.55. The first-order chi connectivity index (χ1) is 15.0. The van der Waals surface area contributed by atoms with E-state index >= 15 is 0 Å². The Kier molecular flexibility index (Phi) is 6.06. The molecule has 1 aliphatic rings. The third-order valence-corrected chi connectivity index (χ3v) is 5.67. The molecule has 1 heterocycles. The van der Waals surface area contributed by atoms with Crippen LogP contribution in [0.15, 0.2) is 47.3 Å². The molecule has 0 atom stereocenters. The largest absolute Gasteiger partial charge is 0.326 e. The quantitative estimate of drug-likeness (QED) is 0.660. The number of nitrogens with one attached hydrogen (secondary N) is 2. The smallest absolute Gasteiger partial charge is 0.278 e. The van der Waals surface area contributed by atoms with Crippen molar-refractivity contribution in [2.75, 3.05) is 10.6 Å². The maximum absolute atomic E-state index is 12.5. The van der Waals surface area contributed by atoms with Gasteiger partial charge in [-0.25, -0.2) is 4.68 Å². The van der Waals surface area contributed by atoms with E-state index in [-0.39, 0.29) is 29.8 Å². The van der Waals surface area contributed by atoms with E-state index in [1.165, 1.54) is 6.42 Å². The fraction of sp³-hybridized carbons (Fsp3) is 0.348. The van der Waals surface area contributed by atoms with Gasteiger partial charge in [-0.05, 0) is 55.7 Å². The van der Waals surface area contributed by atoms with Crippen molar-refractivity contribution in [1.29, 1.82) is 0 Å². The van der Waals surface area contributed by atoms with Crippen molar-refractivity contribution in [2.45, 2.75) is 45.6 Å². The van der Waals surface area contributed by atoms with E-state index in [9.17, 15) is 14.4 Å². The standard InChI is InChI=1S/C23H25N5O3/c1-15-13-17(11-12-19(15)25-22(30)16-7-3-2-4-8-16)24-21(29)14-28-23(31)18-9-5-6-10-20(18)26-27-28/h5-6,9-13,16H,2-4,7-8,14H2,1H3,(H,24,29)(H,25,30). The summed E-state index contributed by atoms with van der Waals surface area (Å²) >= 11 is 0. The second-order valence-corrected chi connectivity index (χ2v) is 7.97. The highest BCUT2D eigenvalue weighted by atomic mass is 16.2. The van der Waals surface area contributed by atoms with E-state index in [1.54, 1.807) is 42.5 Å². The molecule has 1 saturated carbocycles. The predicted molar refractivity (Wildman–Crippen MR) is 119 cm³/mol. The Balaban J connectivity index is 1.41. The van der Waals surface area contributed by atoms with Gasteiger partial charge in [0.1, 0.15) is 12.1 Å². The lowest BCUT2D eigenvalue weighted by Gasteiger charge is -2.21. The number of amides is 2. The van der Waals surface area contributed by atoms with E-state index in [1.807, 2.05) is 6.92 Å². The number of benzene rings is 2. The predicted octanol–water partition coefficient (Wildman–Crippen LogP) is 3.26. The van der Waals surface area contributed by atoms with Crippen LogP contribution in [0.5, 0.6) is 0 Å². The summed E-state index contributed by atoms with van der Waals surface area (Å²) in [6, 6.07) is 12.2. The Bertz CT molecular complexity index is 1180. The number of rotatable bonds is 5. The second kappa shape index (κ2) is 9.07. The van der Waals surface area contributed by atoms with Crippen LogP contribution < -0.4 is 16.2 Å². The average Bonchev–Trinajstić information content (AvgIpc) is 2.78. The second-order valence-electron chi connectivity index (χ2n) is 7.97. The van der Waals surface area contributed by atoms with Gasteiger partial charge < -0.3 is 10.6 Å². The van der Waals surface area contributed by atoms with Crippen molar-refractivity contribution in [2.24, 2.45) is 5.92 Å². The number of anilines is 2. The lowest BCUT2D eigenvalue weighted by atomic mass is 9.88. The van der Waals surface area contributed by atoms with Crippen molar-refractivity contribution in [3.05, 3.63) is 58.4 Å². The molecule has 160 valence electrons. The number of aromatic nitrogens is 3. The maximum Gasteiger partial charge on any atom is 0.278 e. The van der Waals surface area contributed by atoms with Crippen LogP contribution in [-0.4, -0.2) is 26.8 Å². The first kappa shape index (κ1) is 20.7. The highest BCUT2D eigenvalue weighted by Crippen LogP contribution is 2.26. The maximum atomic E-state index is 12.5. The zero-order chi connectivity index (χ0) is 21.8. The SMILES string of the molecule is Cc1cc(NC(=O)Cn2nnc3ccccc3c2=O)ccc1NC(=O)C1CCCCC1. The van der Waals surface area contributed by atoms with Gasteiger partial charge in [0.2, 0.25) is 11.8 Å². The lowest BCUT2D eigenvalue weighted by Crippen LogP contribution is -2.30. The van der Waals surface area contributed by atoms with Gasteiger partial charge in [-0.3, -0.25) is 14.4 Å². The van der Waals surface area contributed by atoms with Crippen molar-refractivity contribution in [1.82, 2.24) is 15.0 Å². The molecule has 2 N–H and O–H groups in total. The van der Waals surface area contributed by atoms with E-state index in [0.717, 1.165) is 41.6 Å². The molecule has 2 amide bonds. The minimum absolute atomic E-state index is 0.0637. The summed E-state index contributed by atoms with van der Waals surface area (Å²) in [7, 11) is 0. The van der Waals surface area contributed by atoms with Crippen LogP contribution in [0, 0.1) is 12.8 Å².